The van der Waals surface area contributed by atoms with Gasteiger partial charge >= 0.3 is 0 Å². The molecule has 4 aromatic carbocycles. The molecule has 176 valence electrons. The molecule has 0 aliphatic heterocycles. The largest absolute Gasteiger partial charge is 0.325 e. The van der Waals surface area contributed by atoms with E-state index in [0.717, 1.165) is 16.0 Å². The van der Waals surface area contributed by atoms with E-state index in [1.54, 1.807) is 24.3 Å². The monoisotopic (exact) mass is 504 g/mol. The van der Waals surface area contributed by atoms with Crippen LogP contribution in [0, 0.1) is 12.7 Å². The van der Waals surface area contributed by atoms with Gasteiger partial charge in [0.15, 0.2) is 0 Å². The number of hydrogen-bond donors (Lipinski definition) is 2. The number of anilines is 2. The average molecular weight is 505 g/mol. The molecule has 2 amide bonds. The first kappa shape index (κ1) is 24.5. The van der Waals surface area contributed by atoms with Gasteiger partial charge in [-0.25, -0.2) is 4.39 Å². The molecule has 1 unspecified atom stereocenters. The van der Waals surface area contributed by atoms with Gasteiger partial charge in [-0.1, -0.05) is 54.1 Å². The van der Waals surface area contributed by atoms with Crippen molar-refractivity contribution >= 4 is 46.6 Å². The Bertz CT molecular complexity index is 1350. The lowest BCUT2D eigenvalue weighted by Gasteiger charge is -2.19. The maximum Gasteiger partial charge on any atom is 0.255 e. The lowest BCUT2D eigenvalue weighted by molar-refractivity contribution is -0.115. The normalized spacial score (nSPS) is 11.5. The topological polar surface area (TPSA) is 58.2 Å². The summed E-state index contributed by atoms with van der Waals surface area (Å²) in [7, 11) is 0. The smallest absolute Gasteiger partial charge is 0.255 e. The minimum Gasteiger partial charge on any atom is -0.325 e. The summed E-state index contributed by atoms with van der Waals surface area (Å²) in [5.74, 6) is -0.939. The zero-order valence-corrected chi connectivity index (χ0v) is 20.4. The van der Waals surface area contributed by atoms with Crippen LogP contribution in [0.15, 0.2) is 102 Å². The third-order valence-corrected chi connectivity index (χ3v) is 6.98. The van der Waals surface area contributed by atoms with Crippen LogP contribution in [0.1, 0.15) is 26.7 Å². The number of halogens is 2. The number of benzene rings is 4. The van der Waals surface area contributed by atoms with Crippen LogP contribution >= 0.6 is 23.4 Å². The molecule has 2 N–H and O–H groups in total. The lowest BCUT2D eigenvalue weighted by Crippen LogP contribution is -2.19. The van der Waals surface area contributed by atoms with Crippen LogP contribution in [-0.4, -0.2) is 11.8 Å². The molecular weight excluding hydrogens is 483 g/mol. The Kier molecular flexibility index (Phi) is 7.85. The first-order chi connectivity index (χ1) is 16.9. The summed E-state index contributed by atoms with van der Waals surface area (Å²) in [6.07, 6.45) is 0. The fourth-order valence-electron chi connectivity index (χ4n) is 3.43. The van der Waals surface area contributed by atoms with E-state index in [1.165, 1.54) is 36.0 Å². The lowest BCUT2D eigenvalue weighted by atomic mass is 10.1. The number of hydrogen-bond acceptors (Lipinski definition) is 3. The van der Waals surface area contributed by atoms with E-state index in [1.807, 2.05) is 55.5 Å². The highest BCUT2D eigenvalue weighted by molar-refractivity contribution is 8.00. The molecule has 0 bridgehead atoms. The molecule has 0 aromatic heterocycles. The molecule has 0 heterocycles. The number of carbonyl (C=O) groups is 2. The van der Waals surface area contributed by atoms with Crippen molar-refractivity contribution in [1.29, 1.82) is 0 Å². The summed E-state index contributed by atoms with van der Waals surface area (Å²) in [6, 6.07) is 27.5. The van der Waals surface area contributed by atoms with Crippen molar-refractivity contribution in [3.05, 3.63) is 125 Å². The Morgan fingerprint density at radius 1 is 0.857 bits per heavy atom. The van der Waals surface area contributed by atoms with Gasteiger partial charge in [-0.15, -0.1) is 11.8 Å². The predicted molar refractivity (Wildman–Crippen MR) is 141 cm³/mol. The van der Waals surface area contributed by atoms with Crippen LogP contribution in [0.2, 0.25) is 5.02 Å². The summed E-state index contributed by atoms with van der Waals surface area (Å²) in [4.78, 5) is 26.7. The van der Waals surface area contributed by atoms with E-state index in [4.69, 9.17) is 11.6 Å². The van der Waals surface area contributed by atoms with E-state index in [2.05, 4.69) is 10.6 Å². The number of carbonyl (C=O) groups excluding carboxylic acids is 2. The number of amides is 2. The molecule has 0 fully saturated rings. The van der Waals surface area contributed by atoms with Gasteiger partial charge in [-0.05, 0) is 72.6 Å². The number of nitrogens with one attached hydrogen (secondary N) is 2. The number of thioether (sulfide) groups is 1. The van der Waals surface area contributed by atoms with Gasteiger partial charge in [-0.2, -0.15) is 0 Å². The molecule has 4 rings (SSSR count). The van der Waals surface area contributed by atoms with Crippen molar-refractivity contribution in [3.63, 3.8) is 0 Å². The molecule has 0 saturated carbocycles. The van der Waals surface area contributed by atoms with Gasteiger partial charge in [0.05, 0.1) is 0 Å². The molecule has 4 aromatic rings. The summed E-state index contributed by atoms with van der Waals surface area (Å²) in [5, 5.41) is 5.86. The molecule has 0 spiro atoms. The third-order valence-electron chi connectivity index (χ3n) is 5.32. The predicted octanol–water partition coefficient (Wildman–Crippen LogP) is 7.51. The van der Waals surface area contributed by atoms with Crippen molar-refractivity contribution in [3.8, 4) is 0 Å². The van der Waals surface area contributed by atoms with Crippen molar-refractivity contribution in [2.45, 2.75) is 17.1 Å². The van der Waals surface area contributed by atoms with Gasteiger partial charge in [0.25, 0.3) is 5.91 Å². The molecule has 7 heteroatoms. The third kappa shape index (κ3) is 6.29. The van der Waals surface area contributed by atoms with Crippen LogP contribution < -0.4 is 10.6 Å². The molecule has 4 nitrogen and oxygen atoms in total. The Labute approximate surface area is 212 Å². The molecule has 0 saturated heterocycles. The van der Waals surface area contributed by atoms with E-state index >= 15 is 0 Å². The summed E-state index contributed by atoms with van der Waals surface area (Å²) < 4.78 is 13.2. The Balaban J connectivity index is 1.55. The van der Waals surface area contributed by atoms with Gasteiger partial charge in [0, 0.05) is 26.9 Å². The summed E-state index contributed by atoms with van der Waals surface area (Å²) in [5.41, 5.74) is 3.22. The van der Waals surface area contributed by atoms with Crippen molar-refractivity contribution in [2.24, 2.45) is 0 Å². The van der Waals surface area contributed by atoms with Crippen LogP contribution in [0.5, 0.6) is 0 Å². The van der Waals surface area contributed by atoms with Crippen molar-refractivity contribution < 1.29 is 14.0 Å². The first-order valence-corrected chi connectivity index (χ1v) is 12.1. The molecule has 35 heavy (non-hydrogen) atoms. The van der Waals surface area contributed by atoms with Crippen molar-refractivity contribution in [1.82, 2.24) is 0 Å². The van der Waals surface area contributed by atoms with Crippen LogP contribution in [0.25, 0.3) is 0 Å². The highest BCUT2D eigenvalue weighted by Crippen LogP contribution is 2.37. The second kappa shape index (κ2) is 11.2. The molecule has 1 atom stereocenters. The second-order valence-corrected chi connectivity index (χ2v) is 9.38. The Morgan fingerprint density at radius 3 is 2.31 bits per heavy atom. The highest BCUT2D eigenvalue weighted by atomic mass is 35.5. The molecule has 0 aliphatic carbocycles. The Hall–Kier alpha value is -3.61. The zero-order chi connectivity index (χ0) is 24.8. The SMILES string of the molecule is Cc1c(Cl)cccc1NC(=O)C(Sc1cccc(NC(=O)c2ccc(F)cc2)c1)c1ccccc1. The van der Waals surface area contributed by atoms with E-state index < -0.39 is 11.1 Å². The quantitative estimate of drug-likeness (QED) is 0.256. The fraction of sp³-hybridized carbons (Fsp3) is 0.0714. The standard InChI is InChI=1S/C28H22ClFN2O2S/c1-18-24(29)11-6-12-25(18)32-28(34)26(19-7-3-2-4-8-19)35-23-10-5-9-22(17-23)31-27(33)20-13-15-21(30)16-14-20/h2-17,26H,1H3,(H,31,33)(H,32,34). The van der Waals surface area contributed by atoms with Crippen molar-refractivity contribution in [2.75, 3.05) is 10.6 Å². The van der Waals surface area contributed by atoms with E-state index in [9.17, 15) is 14.0 Å². The highest BCUT2D eigenvalue weighted by Gasteiger charge is 2.23. The van der Waals surface area contributed by atoms with Gasteiger partial charge in [-0.3, -0.25) is 9.59 Å². The summed E-state index contributed by atoms with van der Waals surface area (Å²) >= 11 is 7.60. The van der Waals surface area contributed by atoms with Gasteiger partial charge in [0.2, 0.25) is 5.91 Å². The zero-order valence-electron chi connectivity index (χ0n) is 18.8. The fourth-order valence-corrected chi connectivity index (χ4v) is 4.69. The second-order valence-electron chi connectivity index (χ2n) is 7.80. The Morgan fingerprint density at radius 2 is 1.57 bits per heavy atom. The van der Waals surface area contributed by atoms with Crippen LogP contribution in [0.4, 0.5) is 15.8 Å². The van der Waals surface area contributed by atoms with Gasteiger partial charge < -0.3 is 10.6 Å². The van der Waals surface area contributed by atoms with Crippen LogP contribution in [-0.2, 0) is 4.79 Å². The van der Waals surface area contributed by atoms with E-state index in [0.29, 0.717) is 22.0 Å². The summed E-state index contributed by atoms with van der Waals surface area (Å²) in [6.45, 7) is 1.86. The van der Waals surface area contributed by atoms with Crippen LogP contribution in [0.3, 0.4) is 0 Å². The first-order valence-electron chi connectivity index (χ1n) is 10.9. The van der Waals surface area contributed by atoms with E-state index in [-0.39, 0.29) is 11.8 Å². The van der Waals surface area contributed by atoms with Gasteiger partial charge in [0.1, 0.15) is 11.1 Å². The molecule has 0 radical (unpaired) electrons. The molecular formula is C28H22ClFN2O2S. The maximum absolute atomic E-state index is 13.4. The minimum absolute atomic E-state index is 0.188. The molecule has 0 aliphatic rings. The minimum atomic E-state index is -0.544. The maximum atomic E-state index is 13.4. The number of rotatable bonds is 7. The average Bonchev–Trinajstić information content (AvgIpc) is 2.86.